The Kier molecular flexibility index (Phi) is 7.57. The number of hydrogen-bond acceptors (Lipinski definition) is 4. The second-order valence-corrected chi connectivity index (χ2v) is 11.0. The van der Waals surface area contributed by atoms with E-state index in [-0.39, 0.29) is 11.5 Å². The van der Waals surface area contributed by atoms with Crippen molar-refractivity contribution in [2.24, 2.45) is 11.7 Å². The van der Waals surface area contributed by atoms with Gasteiger partial charge >= 0.3 is 0 Å². The lowest BCUT2D eigenvalue weighted by molar-refractivity contribution is -0.0869. The van der Waals surface area contributed by atoms with Gasteiger partial charge in [-0.1, -0.05) is 31.5 Å². The molecule has 3 aromatic rings. The van der Waals surface area contributed by atoms with Crippen LogP contribution in [0.25, 0.3) is 10.9 Å². The van der Waals surface area contributed by atoms with Crippen molar-refractivity contribution in [2.45, 2.75) is 57.2 Å². The summed E-state index contributed by atoms with van der Waals surface area (Å²) < 4.78 is 60.7. The number of rotatable bonds is 9. The van der Waals surface area contributed by atoms with Crippen LogP contribution in [0.2, 0.25) is 0 Å². The van der Waals surface area contributed by atoms with Gasteiger partial charge in [-0.25, -0.2) is 17.6 Å². The highest BCUT2D eigenvalue weighted by atomic mass is 19.3. The maximum atomic E-state index is 15.9. The molecule has 2 aromatic carbocycles. The molecule has 0 amide bonds. The van der Waals surface area contributed by atoms with E-state index in [4.69, 9.17) is 5.73 Å². The third-order valence-electron chi connectivity index (χ3n) is 8.24. The van der Waals surface area contributed by atoms with Gasteiger partial charge in [0.15, 0.2) is 0 Å². The van der Waals surface area contributed by atoms with Crippen LogP contribution >= 0.6 is 0 Å². The van der Waals surface area contributed by atoms with E-state index in [1.54, 1.807) is 6.92 Å². The molecule has 9 heteroatoms. The van der Waals surface area contributed by atoms with Gasteiger partial charge in [0.2, 0.25) is 0 Å². The number of benzene rings is 2. The minimum atomic E-state index is -3.43. The van der Waals surface area contributed by atoms with E-state index in [0.29, 0.717) is 17.7 Å². The third-order valence-corrected chi connectivity index (χ3v) is 8.24. The van der Waals surface area contributed by atoms with Gasteiger partial charge in [0.25, 0.3) is 5.92 Å². The van der Waals surface area contributed by atoms with Crippen LogP contribution in [0, 0.1) is 17.6 Å². The Hall–Kier alpha value is -2.46. The number of nitrogens with two attached hydrogens (primary N) is 1. The van der Waals surface area contributed by atoms with E-state index in [0.717, 1.165) is 48.9 Å². The Morgan fingerprint density at radius 1 is 1.16 bits per heavy atom. The van der Waals surface area contributed by atoms with Crippen molar-refractivity contribution in [1.82, 2.24) is 14.8 Å². The van der Waals surface area contributed by atoms with Crippen molar-refractivity contribution < 1.29 is 22.7 Å². The first kappa shape index (κ1) is 27.1. The van der Waals surface area contributed by atoms with Gasteiger partial charge in [-0.05, 0) is 55.6 Å². The molecule has 5 nitrogen and oxygen atoms in total. The summed E-state index contributed by atoms with van der Waals surface area (Å²) in [6, 6.07) is 7.96. The molecule has 0 aliphatic carbocycles. The maximum Gasteiger partial charge on any atom is 0.283 e. The Bertz CT molecular complexity index is 1270. The molecule has 0 saturated carbocycles. The number of likely N-dealkylation sites (tertiary alicyclic amines) is 1. The molecule has 1 fully saturated rings. The van der Waals surface area contributed by atoms with E-state index in [1.807, 2.05) is 24.3 Å². The number of unbranched alkanes of at least 4 members (excludes halogenated alkanes) is 1. The molecule has 3 heterocycles. The van der Waals surface area contributed by atoms with Crippen molar-refractivity contribution in [3.8, 4) is 0 Å². The molecular formula is C29H36F4N4O. The number of nitrogens with one attached hydrogen (secondary N) is 1. The van der Waals surface area contributed by atoms with E-state index in [2.05, 4.69) is 16.8 Å². The van der Waals surface area contributed by atoms with Crippen LogP contribution in [-0.2, 0) is 6.42 Å². The smallest absolute Gasteiger partial charge is 0.283 e. The van der Waals surface area contributed by atoms with E-state index in [1.165, 1.54) is 17.0 Å². The predicted octanol–water partition coefficient (Wildman–Crippen LogP) is 5.14. The molecule has 0 bridgehead atoms. The minimum absolute atomic E-state index is 0.103. The molecule has 2 aliphatic rings. The number of halogens is 4. The molecule has 2 aliphatic heterocycles. The Balaban J connectivity index is 1.53. The monoisotopic (exact) mass is 532 g/mol. The molecule has 3 atom stereocenters. The van der Waals surface area contributed by atoms with E-state index in [9.17, 15) is 13.9 Å². The molecule has 1 aromatic heterocycles. The van der Waals surface area contributed by atoms with E-state index >= 15 is 8.78 Å². The largest absolute Gasteiger partial charge is 0.390 e. The zero-order chi connectivity index (χ0) is 27.2. The summed E-state index contributed by atoms with van der Waals surface area (Å²) in [6.07, 6.45) is 2.63. The number of H-pyrrole nitrogens is 1. The average Bonchev–Trinajstić information content (AvgIpc) is 3.22. The number of aliphatic hydroxyl groups is 1. The quantitative estimate of drug-likeness (QED) is 0.334. The van der Waals surface area contributed by atoms with Gasteiger partial charge in [0, 0.05) is 53.3 Å². The topological polar surface area (TPSA) is 68.5 Å². The first-order valence-corrected chi connectivity index (χ1v) is 13.4. The fraction of sp³-hybridized carbons (Fsp3) is 0.517. The Morgan fingerprint density at radius 2 is 1.84 bits per heavy atom. The first-order chi connectivity index (χ1) is 18.1. The molecule has 1 unspecified atom stereocenters. The van der Waals surface area contributed by atoms with Gasteiger partial charge < -0.3 is 20.7 Å². The number of hydrogen-bond donors (Lipinski definition) is 3. The maximum absolute atomic E-state index is 15.9. The summed E-state index contributed by atoms with van der Waals surface area (Å²) in [7, 11) is 0. The number of aromatic amines is 1. The van der Waals surface area contributed by atoms with Crippen molar-refractivity contribution in [2.75, 3.05) is 32.8 Å². The van der Waals surface area contributed by atoms with Crippen LogP contribution < -0.4 is 5.73 Å². The predicted molar refractivity (Wildman–Crippen MR) is 140 cm³/mol. The molecule has 0 radical (unpaired) electrons. The molecule has 38 heavy (non-hydrogen) atoms. The Labute approximate surface area is 220 Å². The zero-order valence-electron chi connectivity index (χ0n) is 21.9. The Morgan fingerprint density at radius 3 is 2.50 bits per heavy atom. The minimum Gasteiger partial charge on any atom is -0.390 e. The van der Waals surface area contributed by atoms with Crippen LogP contribution in [0.15, 0.2) is 36.4 Å². The lowest BCUT2D eigenvalue weighted by Gasteiger charge is -2.43. The van der Waals surface area contributed by atoms with Crippen molar-refractivity contribution in [1.29, 1.82) is 0 Å². The van der Waals surface area contributed by atoms with E-state index < -0.39 is 48.8 Å². The van der Waals surface area contributed by atoms with Crippen LogP contribution in [0.1, 0.15) is 61.2 Å². The number of nitrogens with zero attached hydrogens (tertiary/aromatic N) is 2. The summed E-state index contributed by atoms with van der Waals surface area (Å²) in [5.41, 5.74) is 8.66. The molecule has 4 N–H and O–H groups in total. The highest BCUT2D eigenvalue weighted by Crippen LogP contribution is 2.44. The summed E-state index contributed by atoms with van der Waals surface area (Å²) in [6.45, 7) is 4.28. The third kappa shape index (κ3) is 4.97. The number of fused-ring (bicyclic) bond motifs is 3. The second kappa shape index (κ2) is 10.6. The summed E-state index contributed by atoms with van der Waals surface area (Å²) >= 11 is 0. The van der Waals surface area contributed by atoms with Crippen LogP contribution in [0.4, 0.5) is 17.6 Å². The summed E-state index contributed by atoms with van der Waals surface area (Å²) in [5, 5.41) is 10.2. The number of alkyl halides is 2. The van der Waals surface area contributed by atoms with Gasteiger partial charge in [-0.2, -0.15) is 0 Å². The fourth-order valence-corrected chi connectivity index (χ4v) is 6.11. The van der Waals surface area contributed by atoms with Gasteiger partial charge in [0.05, 0.1) is 12.6 Å². The lowest BCUT2D eigenvalue weighted by Crippen LogP contribution is -2.51. The molecule has 0 spiro atoms. The normalized spacial score (nSPS) is 22.0. The van der Waals surface area contributed by atoms with Gasteiger partial charge in [-0.15, -0.1) is 0 Å². The molecular weight excluding hydrogens is 496 g/mol. The zero-order valence-corrected chi connectivity index (χ0v) is 21.9. The van der Waals surface area contributed by atoms with Gasteiger partial charge in [-0.3, -0.25) is 4.90 Å². The first-order valence-electron chi connectivity index (χ1n) is 13.4. The molecule has 1 saturated heterocycles. The summed E-state index contributed by atoms with van der Waals surface area (Å²) in [5.74, 6) is -4.94. The van der Waals surface area contributed by atoms with Crippen LogP contribution in [0.5, 0.6) is 0 Å². The highest BCUT2D eigenvalue weighted by Gasteiger charge is 2.44. The van der Waals surface area contributed by atoms with Crippen LogP contribution in [-0.4, -0.2) is 64.6 Å². The highest BCUT2D eigenvalue weighted by molar-refractivity contribution is 5.85. The van der Waals surface area contributed by atoms with Crippen molar-refractivity contribution >= 4 is 10.9 Å². The molecule has 5 rings (SSSR count). The fourth-order valence-electron chi connectivity index (χ4n) is 6.11. The summed E-state index contributed by atoms with van der Waals surface area (Å²) in [4.78, 5) is 6.94. The second-order valence-electron chi connectivity index (χ2n) is 11.0. The van der Waals surface area contributed by atoms with Crippen molar-refractivity contribution in [3.63, 3.8) is 0 Å². The van der Waals surface area contributed by atoms with Crippen molar-refractivity contribution in [3.05, 3.63) is 70.4 Å². The number of para-hydroxylation sites is 1. The average molecular weight is 533 g/mol. The number of aromatic nitrogens is 1. The standard InChI is InChI=1S/C29H36F4N4O/c1-3-4-9-36-13-19(14-36)26(34)18-11-22(30)25(23(31)12-18)28-27-21(20-7-5-6-8-24(20)35-27)10-17(2)37(28)15-29(32,33)16-38/h5-8,11-12,17,19,26,28,35,38H,3-4,9-10,13-16,34H2,1-2H3/t17-,26?,28-/m1/s1. The van der Waals surface area contributed by atoms with Crippen LogP contribution in [0.3, 0.4) is 0 Å². The van der Waals surface area contributed by atoms with Gasteiger partial charge in [0.1, 0.15) is 18.2 Å². The molecule has 206 valence electrons. The lowest BCUT2D eigenvalue weighted by atomic mass is 9.84. The SMILES string of the molecule is CCCCN1CC(C(N)c2cc(F)c([C@@H]3c4[nH]c5ccccc5c4C[C@@H](C)N3CC(F)(F)CO)c(F)c2)C1. The number of aliphatic hydroxyl groups excluding tert-OH is 1.